The van der Waals surface area contributed by atoms with Gasteiger partial charge in [0, 0.05) is 33.5 Å². The SMILES string of the molecule is O=C(Nc1cccc(CS(=O)C2CCCCC2)c1)NC1CCCC1. The molecule has 5 heteroatoms. The summed E-state index contributed by atoms with van der Waals surface area (Å²) < 4.78 is 12.5. The molecule has 4 nitrogen and oxygen atoms in total. The van der Waals surface area contributed by atoms with Crippen LogP contribution in [0.5, 0.6) is 0 Å². The van der Waals surface area contributed by atoms with Crippen molar-refractivity contribution in [2.45, 2.75) is 74.8 Å². The standard InChI is InChI=1S/C19H28N2O2S/c22-19(20-16-8-4-5-9-16)21-17-10-6-7-15(13-17)14-24(23)18-11-2-1-3-12-18/h6-7,10,13,16,18H,1-5,8-9,11-12,14H2,(H2,20,21,22). The predicted molar refractivity (Wildman–Crippen MR) is 99.6 cm³/mol. The lowest BCUT2D eigenvalue weighted by Crippen LogP contribution is -2.36. The summed E-state index contributed by atoms with van der Waals surface area (Å²) in [6, 6.07) is 7.95. The maximum atomic E-state index is 12.5. The third-order valence-electron chi connectivity index (χ3n) is 5.11. The zero-order valence-corrected chi connectivity index (χ0v) is 15.1. The van der Waals surface area contributed by atoms with Gasteiger partial charge in [-0.3, -0.25) is 4.21 Å². The summed E-state index contributed by atoms with van der Waals surface area (Å²) in [7, 11) is -0.810. The van der Waals surface area contributed by atoms with Crippen LogP contribution in [-0.2, 0) is 16.6 Å². The molecule has 2 fully saturated rings. The van der Waals surface area contributed by atoms with Gasteiger partial charge in [-0.1, -0.05) is 44.2 Å². The molecule has 132 valence electrons. The number of carbonyl (C=O) groups is 1. The van der Waals surface area contributed by atoms with E-state index < -0.39 is 10.8 Å². The Balaban J connectivity index is 1.53. The molecule has 1 aromatic carbocycles. The average Bonchev–Trinajstić information content (AvgIpc) is 3.08. The van der Waals surface area contributed by atoms with Crippen molar-refractivity contribution < 1.29 is 9.00 Å². The number of anilines is 1. The molecule has 2 aliphatic carbocycles. The monoisotopic (exact) mass is 348 g/mol. The highest BCUT2D eigenvalue weighted by molar-refractivity contribution is 7.84. The third kappa shape index (κ3) is 5.07. The van der Waals surface area contributed by atoms with Gasteiger partial charge < -0.3 is 10.6 Å². The smallest absolute Gasteiger partial charge is 0.319 e. The topological polar surface area (TPSA) is 58.2 Å². The minimum absolute atomic E-state index is 0.132. The number of hydrogen-bond donors (Lipinski definition) is 2. The summed E-state index contributed by atoms with van der Waals surface area (Å²) >= 11 is 0. The van der Waals surface area contributed by atoms with Crippen LogP contribution in [0, 0.1) is 0 Å². The second-order valence-corrected chi connectivity index (χ2v) is 8.78. The van der Waals surface area contributed by atoms with Crippen molar-refractivity contribution in [3.8, 4) is 0 Å². The molecule has 3 rings (SSSR count). The Morgan fingerprint density at radius 1 is 1.04 bits per heavy atom. The molecule has 24 heavy (non-hydrogen) atoms. The van der Waals surface area contributed by atoms with Gasteiger partial charge in [0.25, 0.3) is 0 Å². The molecule has 0 bridgehead atoms. The van der Waals surface area contributed by atoms with Crippen LogP contribution in [0.2, 0.25) is 0 Å². The lowest BCUT2D eigenvalue weighted by molar-refractivity contribution is 0.248. The molecule has 2 aliphatic rings. The number of benzene rings is 1. The van der Waals surface area contributed by atoms with Gasteiger partial charge in [-0.2, -0.15) is 0 Å². The fourth-order valence-corrected chi connectivity index (χ4v) is 5.37. The fraction of sp³-hybridized carbons (Fsp3) is 0.632. The van der Waals surface area contributed by atoms with E-state index in [0.29, 0.717) is 17.0 Å². The molecule has 0 aliphatic heterocycles. The molecule has 0 aromatic heterocycles. The number of hydrogen-bond acceptors (Lipinski definition) is 2. The first-order valence-corrected chi connectivity index (χ1v) is 10.6. The van der Waals surface area contributed by atoms with E-state index in [9.17, 15) is 9.00 Å². The number of nitrogens with one attached hydrogen (secondary N) is 2. The van der Waals surface area contributed by atoms with Crippen LogP contribution >= 0.6 is 0 Å². The molecule has 0 spiro atoms. The van der Waals surface area contributed by atoms with Gasteiger partial charge in [0.15, 0.2) is 0 Å². The molecule has 0 heterocycles. The van der Waals surface area contributed by atoms with Crippen molar-refractivity contribution in [2.24, 2.45) is 0 Å². The lowest BCUT2D eigenvalue weighted by atomic mass is 10.0. The normalized spacial score (nSPS) is 20.7. The van der Waals surface area contributed by atoms with Crippen LogP contribution < -0.4 is 10.6 Å². The van der Waals surface area contributed by atoms with Crippen LogP contribution in [-0.4, -0.2) is 21.5 Å². The molecule has 1 atom stereocenters. The molecule has 1 aromatic rings. The summed E-state index contributed by atoms with van der Waals surface area (Å²) in [6.07, 6.45) is 10.4. The minimum atomic E-state index is -0.810. The Morgan fingerprint density at radius 2 is 1.75 bits per heavy atom. The number of urea groups is 1. The van der Waals surface area contributed by atoms with E-state index in [-0.39, 0.29) is 6.03 Å². The fourth-order valence-electron chi connectivity index (χ4n) is 3.77. The first-order valence-electron chi connectivity index (χ1n) is 9.24. The van der Waals surface area contributed by atoms with Gasteiger partial charge >= 0.3 is 6.03 Å². The Kier molecular flexibility index (Phi) is 6.30. The van der Waals surface area contributed by atoms with Crippen molar-refractivity contribution in [2.75, 3.05) is 5.32 Å². The summed E-state index contributed by atoms with van der Waals surface area (Å²) in [5.41, 5.74) is 1.82. The van der Waals surface area contributed by atoms with E-state index in [2.05, 4.69) is 10.6 Å². The first kappa shape index (κ1) is 17.5. The van der Waals surface area contributed by atoms with Crippen LogP contribution in [0.15, 0.2) is 24.3 Å². The molecule has 2 N–H and O–H groups in total. The van der Waals surface area contributed by atoms with Gasteiger partial charge in [0.05, 0.1) is 0 Å². The predicted octanol–water partition coefficient (Wildman–Crippen LogP) is 4.33. The zero-order chi connectivity index (χ0) is 16.8. The van der Waals surface area contributed by atoms with E-state index in [1.165, 1.54) is 32.1 Å². The van der Waals surface area contributed by atoms with Crippen molar-refractivity contribution >= 4 is 22.5 Å². The highest BCUT2D eigenvalue weighted by Crippen LogP contribution is 2.24. The van der Waals surface area contributed by atoms with Gasteiger partial charge in [0.2, 0.25) is 0 Å². The maximum Gasteiger partial charge on any atom is 0.319 e. The molecule has 2 amide bonds. The van der Waals surface area contributed by atoms with Crippen molar-refractivity contribution in [1.29, 1.82) is 0 Å². The lowest BCUT2D eigenvalue weighted by Gasteiger charge is -2.21. The maximum absolute atomic E-state index is 12.5. The second-order valence-electron chi connectivity index (χ2n) is 7.07. The largest absolute Gasteiger partial charge is 0.335 e. The summed E-state index contributed by atoms with van der Waals surface area (Å²) in [6.45, 7) is 0. The molecular formula is C19H28N2O2S. The number of rotatable bonds is 5. The minimum Gasteiger partial charge on any atom is -0.335 e. The van der Waals surface area contributed by atoms with Gasteiger partial charge in [-0.05, 0) is 43.4 Å². The van der Waals surface area contributed by atoms with E-state index >= 15 is 0 Å². The Hall–Kier alpha value is -1.36. The summed E-state index contributed by atoms with van der Waals surface area (Å²) in [5, 5.41) is 6.29. The van der Waals surface area contributed by atoms with Crippen LogP contribution in [0.4, 0.5) is 10.5 Å². The highest BCUT2D eigenvalue weighted by atomic mass is 32.2. The van der Waals surface area contributed by atoms with Gasteiger partial charge in [0.1, 0.15) is 0 Å². The molecular weight excluding hydrogens is 320 g/mol. The first-order chi connectivity index (χ1) is 11.7. The van der Waals surface area contributed by atoms with Gasteiger partial charge in [-0.25, -0.2) is 4.79 Å². The van der Waals surface area contributed by atoms with Crippen molar-refractivity contribution in [3.05, 3.63) is 29.8 Å². The second kappa shape index (κ2) is 8.65. The van der Waals surface area contributed by atoms with E-state index in [1.54, 1.807) is 0 Å². The van der Waals surface area contributed by atoms with Crippen molar-refractivity contribution in [3.63, 3.8) is 0 Å². The zero-order valence-electron chi connectivity index (χ0n) is 14.3. The van der Waals surface area contributed by atoms with Crippen molar-refractivity contribution in [1.82, 2.24) is 5.32 Å². The van der Waals surface area contributed by atoms with E-state index in [0.717, 1.165) is 36.9 Å². The molecule has 1 unspecified atom stereocenters. The van der Waals surface area contributed by atoms with E-state index in [4.69, 9.17) is 0 Å². The third-order valence-corrected chi connectivity index (χ3v) is 6.94. The Bertz CT molecular complexity index is 578. The Labute approximate surface area is 147 Å². The summed E-state index contributed by atoms with van der Waals surface area (Å²) in [4.78, 5) is 12.1. The van der Waals surface area contributed by atoms with Crippen LogP contribution in [0.25, 0.3) is 0 Å². The molecule has 2 saturated carbocycles. The highest BCUT2D eigenvalue weighted by Gasteiger charge is 2.20. The molecule has 0 saturated heterocycles. The van der Waals surface area contributed by atoms with E-state index in [1.807, 2.05) is 24.3 Å². The number of carbonyl (C=O) groups excluding carboxylic acids is 1. The average molecular weight is 349 g/mol. The molecule has 0 radical (unpaired) electrons. The summed E-state index contributed by atoms with van der Waals surface area (Å²) in [5.74, 6) is 0.588. The van der Waals surface area contributed by atoms with Crippen LogP contribution in [0.1, 0.15) is 63.4 Å². The van der Waals surface area contributed by atoms with Gasteiger partial charge in [-0.15, -0.1) is 0 Å². The number of amides is 2. The van der Waals surface area contributed by atoms with Crippen LogP contribution in [0.3, 0.4) is 0 Å². The quantitative estimate of drug-likeness (QED) is 0.832. The Morgan fingerprint density at radius 3 is 2.50 bits per heavy atom.